The van der Waals surface area contributed by atoms with E-state index in [2.05, 4.69) is 5.32 Å². The monoisotopic (exact) mass is 294 g/mol. The first-order chi connectivity index (χ1) is 10.0. The molecule has 1 atom stereocenters. The van der Waals surface area contributed by atoms with Crippen LogP contribution in [-0.2, 0) is 11.3 Å². The zero-order chi connectivity index (χ0) is 15.8. The predicted octanol–water partition coefficient (Wildman–Crippen LogP) is 2.05. The van der Waals surface area contributed by atoms with Crippen molar-refractivity contribution in [1.29, 1.82) is 0 Å². The molecule has 1 amide bonds. The van der Waals surface area contributed by atoms with Crippen LogP contribution in [0.5, 0.6) is 11.5 Å². The molecule has 0 aliphatic heterocycles. The smallest absolute Gasteiger partial charge is 0.224 e. The van der Waals surface area contributed by atoms with E-state index in [4.69, 9.17) is 9.47 Å². The van der Waals surface area contributed by atoms with Gasteiger partial charge in [-0.2, -0.15) is 0 Å². The van der Waals surface area contributed by atoms with Crippen molar-refractivity contribution in [2.24, 2.45) is 0 Å². The van der Waals surface area contributed by atoms with E-state index < -0.39 is 0 Å². The zero-order valence-corrected chi connectivity index (χ0v) is 13.6. The molecule has 5 nitrogen and oxygen atoms in total. The topological polar surface area (TPSA) is 50.8 Å². The van der Waals surface area contributed by atoms with Crippen LogP contribution in [0.25, 0.3) is 0 Å². The Hall–Kier alpha value is -1.75. The number of benzene rings is 1. The van der Waals surface area contributed by atoms with Crippen LogP contribution < -0.4 is 14.8 Å². The highest BCUT2D eigenvalue weighted by atomic mass is 16.5. The Morgan fingerprint density at radius 1 is 1.33 bits per heavy atom. The van der Waals surface area contributed by atoms with Gasteiger partial charge in [0.2, 0.25) is 5.91 Å². The molecule has 0 radical (unpaired) electrons. The molecule has 0 spiro atoms. The number of ether oxygens (including phenoxy) is 2. The molecule has 5 heteroatoms. The number of rotatable bonds is 8. The van der Waals surface area contributed by atoms with Crippen LogP contribution in [0.2, 0.25) is 0 Å². The third-order valence-electron chi connectivity index (χ3n) is 3.35. The van der Waals surface area contributed by atoms with Crippen molar-refractivity contribution >= 4 is 5.91 Å². The number of hydrogen-bond acceptors (Lipinski definition) is 4. The Labute approximate surface area is 127 Å². The molecule has 0 bridgehead atoms. The molecule has 1 aromatic rings. The van der Waals surface area contributed by atoms with Gasteiger partial charge in [0.15, 0.2) is 11.5 Å². The van der Waals surface area contributed by atoms with E-state index in [9.17, 15) is 4.79 Å². The molecule has 0 aromatic heterocycles. The van der Waals surface area contributed by atoms with Crippen molar-refractivity contribution in [2.45, 2.75) is 32.9 Å². The molecule has 0 fully saturated rings. The fraction of sp³-hybridized carbons (Fsp3) is 0.562. The molecule has 0 saturated carbocycles. The summed E-state index contributed by atoms with van der Waals surface area (Å²) in [7, 11) is 5.02. The molecule has 0 aliphatic rings. The van der Waals surface area contributed by atoms with Crippen LogP contribution >= 0.6 is 0 Å². The number of nitrogens with zero attached hydrogens (tertiary/aromatic N) is 1. The van der Waals surface area contributed by atoms with Crippen molar-refractivity contribution in [3.05, 3.63) is 23.8 Å². The second-order valence-electron chi connectivity index (χ2n) is 5.07. The first-order valence-electron chi connectivity index (χ1n) is 7.20. The van der Waals surface area contributed by atoms with Gasteiger partial charge in [-0.05, 0) is 19.5 Å². The summed E-state index contributed by atoms with van der Waals surface area (Å²) in [5, 5.41) is 3.24. The lowest BCUT2D eigenvalue weighted by atomic mass is 10.1. The molecule has 0 aliphatic carbocycles. The van der Waals surface area contributed by atoms with Crippen LogP contribution in [0, 0.1) is 0 Å². The van der Waals surface area contributed by atoms with Crippen molar-refractivity contribution in [3.63, 3.8) is 0 Å². The van der Waals surface area contributed by atoms with Crippen LogP contribution in [-0.4, -0.2) is 44.7 Å². The Morgan fingerprint density at radius 3 is 2.62 bits per heavy atom. The lowest BCUT2D eigenvalue weighted by Crippen LogP contribution is -2.34. The molecule has 1 aromatic carbocycles. The van der Waals surface area contributed by atoms with Crippen LogP contribution in [0.4, 0.5) is 0 Å². The Balaban J connectivity index is 2.74. The number of amides is 1. The first-order valence-corrected chi connectivity index (χ1v) is 7.20. The number of para-hydroxylation sites is 1. The molecule has 0 saturated heterocycles. The van der Waals surface area contributed by atoms with Gasteiger partial charge < -0.3 is 19.7 Å². The van der Waals surface area contributed by atoms with Crippen molar-refractivity contribution < 1.29 is 14.3 Å². The van der Waals surface area contributed by atoms with Crippen LogP contribution in [0.15, 0.2) is 18.2 Å². The van der Waals surface area contributed by atoms with Gasteiger partial charge in [-0.3, -0.25) is 4.79 Å². The van der Waals surface area contributed by atoms with Crippen molar-refractivity contribution in [3.8, 4) is 11.5 Å². The normalized spacial score (nSPS) is 11.9. The first kappa shape index (κ1) is 17.3. The number of carbonyl (C=O) groups excluding carboxylic acids is 1. The van der Waals surface area contributed by atoms with Gasteiger partial charge in [-0.1, -0.05) is 19.1 Å². The largest absolute Gasteiger partial charge is 0.493 e. The second-order valence-corrected chi connectivity index (χ2v) is 5.07. The SMILES string of the molecule is CCNC(C)CC(=O)N(C)Cc1cccc(OC)c1OC. The van der Waals surface area contributed by atoms with E-state index >= 15 is 0 Å². The minimum atomic E-state index is 0.105. The summed E-state index contributed by atoms with van der Waals surface area (Å²) in [6.07, 6.45) is 0.483. The molecule has 1 N–H and O–H groups in total. The minimum Gasteiger partial charge on any atom is -0.493 e. The Morgan fingerprint density at radius 2 is 2.05 bits per heavy atom. The average Bonchev–Trinajstić information content (AvgIpc) is 2.46. The van der Waals surface area contributed by atoms with Gasteiger partial charge in [-0.25, -0.2) is 0 Å². The van der Waals surface area contributed by atoms with Crippen molar-refractivity contribution in [2.75, 3.05) is 27.8 Å². The van der Waals surface area contributed by atoms with E-state index in [1.54, 1.807) is 26.2 Å². The van der Waals surface area contributed by atoms with Crippen molar-refractivity contribution in [1.82, 2.24) is 10.2 Å². The quantitative estimate of drug-likeness (QED) is 0.797. The molecule has 0 heterocycles. The van der Waals surface area contributed by atoms with Gasteiger partial charge in [-0.15, -0.1) is 0 Å². The van der Waals surface area contributed by atoms with E-state index in [1.807, 2.05) is 32.0 Å². The van der Waals surface area contributed by atoms with E-state index in [-0.39, 0.29) is 11.9 Å². The maximum absolute atomic E-state index is 12.2. The molecular weight excluding hydrogens is 268 g/mol. The average molecular weight is 294 g/mol. The molecule has 21 heavy (non-hydrogen) atoms. The number of carbonyl (C=O) groups is 1. The lowest BCUT2D eigenvalue weighted by Gasteiger charge is -2.21. The van der Waals surface area contributed by atoms with Crippen LogP contribution in [0.3, 0.4) is 0 Å². The lowest BCUT2D eigenvalue weighted by molar-refractivity contribution is -0.130. The van der Waals surface area contributed by atoms with E-state index in [0.717, 1.165) is 12.1 Å². The fourth-order valence-electron chi connectivity index (χ4n) is 2.26. The second kappa shape index (κ2) is 8.52. The van der Waals surface area contributed by atoms with Crippen LogP contribution in [0.1, 0.15) is 25.8 Å². The highest BCUT2D eigenvalue weighted by Crippen LogP contribution is 2.31. The summed E-state index contributed by atoms with van der Waals surface area (Å²) in [6.45, 7) is 5.41. The zero-order valence-electron chi connectivity index (χ0n) is 13.6. The highest BCUT2D eigenvalue weighted by Gasteiger charge is 2.16. The third kappa shape index (κ3) is 4.93. The highest BCUT2D eigenvalue weighted by molar-refractivity contribution is 5.76. The van der Waals surface area contributed by atoms with Gasteiger partial charge in [0.1, 0.15) is 0 Å². The van der Waals surface area contributed by atoms with Gasteiger partial charge in [0, 0.05) is 31.6 Å². The maximum atomic E-state index is 12.2. The molecule has 1 unspecified atom stereocenters. The fourth-order valence-corrected chi connectivity index (χ4v) is 2.26. The summed E-state index contributed by atoms with van der Waals surface area (Å²) >= 11 is 0. The number of methoxy groups -OCH3 is 2. The van der Waals surface area contributed by atoms with E-state index in [1.165, 1.54) is 0 Å². The number of nitrogens with one attached hydrogen (secondary N) is 1. The third-order valence-corrected chi connectivity index (χ3v) is 3.35. The summed E-state index contributed by atoms with van der Waals surface area (Å²) in [4.78, 5) is 13.9. The number of hydrogen-bond donors (Lipinski definition) is 1. The Kier molecular flexibility index (Phi) is 7.02. The van der Waals surface area contributed by atoms with Gasteiger partial charge >= 0.3 is 0 Å². The maximum Gasteiger partial charge on any atom is 0.224 e. The van der Waals surface area contributed by atoms with Gasteiger partial charge in [0.05, 0.1) is 14.2 Å². The Bertz CT molecular complexity index is 463. The predicted molar refractivity (Wildman–Crippen MR) is 83.8 cm³/mol. The molecule has 1 rings (SSSR count). The minimum absolute atomic E-state index is 0.105. The van der Waals surface area contributed by atoms with E-state index in [0.29, 0.717) is 24.5 Å². The summed E-state index contributed by atoms with van der Waals surface area (Å²) in [5.41, 5.74) is 0.934. The molecular formula is C16H26N2O3. The summed E-state index contributed by atoms with van der Waals surface area (Å²) in [6, 6.07) is 5.86. The molecule has 118 valence electrons. The summed E-state index contributed by atoms with van der Waals surface area (Å²) in [5.74, 6) is 1.46. The van der Waals surface area contributed by atoms with Gasteiger partial charge in [0.25, 0.3) is 0 Å². The standard InChI is InChI=1S/C16H26N2O3/c1-6-17-12(2)10-15(19)18(3)11-13-8-7-9-14(20-4)16(13)21-5/h7-9,12,17H,6,10-11H2,1-5H3. The summed E-state index contributed by atoms with van der Waals surface area (Å²) < 4.78 is 10.7.